The number of anilines is 1. The standard InChI is InChI=1S/C36H47N5O3/c1-36(2,3)44-35(43)40(7)22-21-29(28-15-9-8-10-16-28)17-11-13-27-14-12-18-30(25-27)41-24-23-39(6)32-19-20-33(38(4)5)37-26-31(32)34(41)42/h8-12,14-18,20,25-26,29H,13,19,21-24H2,1-7H3/b17-11-. The second-order valence-electron chi connectivity index (χ2n) is 12.7. The fraction of sp³-hybridized carbons (Fsp3) is 0.417. The van der Waals surface area contributed by atoms with Crippen molar-refractivity contribution in [2.24, 2.45) is 4.99 Å². The number of hydrogen-bond donors (Lipinski definition) is 0. The predicted octanol–water partition coefficient (Wildman–Crippen LogP) is 6.24. The summed E-state index contributed by atoms with van der Waals surface area (Å²) in [5, 5.41) is 0. The number of nitrogens with zero attached hydrogens (tertiary/aromatic N) is 5. The molecule has 1 atom stereocenters. The average molecular weight is 598 g/mol. The molecule has 8 heteroatoms. The van der Waals surface area contributed by atoms with Crippen LogP contribution in [0.2, 0.25) is 0 Å². The summed E-state index contributed by atoms with van der Waals surface area (Å²) in [6.45, 7) is 7.55. The molecule has 0 saturated heterocycles. The molecule has 1 unspecified atom stereocenters. The van der Waals surface area contributed by atoms with Crippen LogP contribution in [0.4, 0.5) is 10.5 Å². The van der Waals surface area contributed by atoms with E-state index in [1.807, 2.05) is 82.0 Å². The molecule has 2 aliphatic heterocycles. The number of allylic oxidation sites excluding steroid dienone is 3. The second kappa shape index (κ2) is 14.4. The molecule has 8 nitrogen and oxygen atoms in total. The summed E-state index contributed by atoms with van der Waals surface area (Å²) < 4.78 is 5.53. The third-order valence-corrected chi connectivity index (χ3v) is 7.82. The number of rotatable bonds is 9. The van der Waals surface area contributed by atoms with Crippen molar-refractivity contribution in [3.8, 4) is 0 Å². The van der Waals surface area contributed by atoms with E-state index in [2.05, 4.69) is 52.4 Å². The van der Waals surface area contributed by atoms with Crippen molar-refractivity contribution in [2.75, 3.05) is 52.7 Å². The van der Waals surface area contributed by atoms with Crippen molar-refractivity contribution in [3.63, 3.8) is 0 Å². The van der Waals surface area contributed by atoms with Gasteiger partial charge in [-0.25, -0.2) is 9.79 Å². The minimum atomic E-state index is -0.526. The molecular weight excluding hydrogens is 550 g/mol. The summed E-state index contributed by atoms with van der Waals surface area (Å²) in [6, 6.07) is 18.6. The first-order valence-corrected chi connectivity index (χ1v) is 15.4. The highest BCUT2D eigenvalue weighted by Crippen LogP contribution is 2.27. The Morgan fingerprint density at radius 2 is 1.82 bits per heavy atom. The maximum absolute atomic E-state index is 13.8. The third kappa shape index (κ3) is 8.62. The fourth-order valence-electron chi connectivity index (χ4n) is 5.33. The van der Waals surface area contributed by atoms with Gasteiger partial charge in [0.15, 0.2) is 0 Å². The van der Waals surface area contributed by atoms with Gasteiger partial charge in [0.25, 0.3) is 5.91 Å². The molecule has 44 heavy (non-hydrogen) atoms. The molecule has 0 aliphatic carbocycles. The molecule has 2 amide bonds. The molecule has 0 bridgehead atoms. The van der Waals surface area contributed by atoms with Gasteiger partial charge in [-0.1, -0.05) is 54.6 Å². The largest absolute Gasteiger partial charge is 0.444 e. The van der Waals surface area contributed by atoms with Crippen molar-refractivity contribution in [3.05, 3.63) is 101 Å². The summed E-state index contributed by atoms with van der Waals surface area (Å²) in [6.07, 6.45) is 10.1. The lowest BCUT2D eigenvalue weighted by Gasteiger charge is -2.25. The van der Waals surface area contributed by atoms with E-state index in [4.69, 9.17) is 4.74 Å². The Bertz CT molecular complexity index is 1440. The molecule has 234 valence electrons. The summed E-state index contributed by atoms with van der Waals surface area (Å²) in [7, 11) is 7.75. The van der Waals surface area contributed by atoms with Gasteiger partial charge in [0.2, 0.25) is 0 Å². The van der Waals surface area contributed by atoms with Crippen LogP contribution >= 0.6 is 0 Å². The number of aliphatic imine (C=N–C) groups is 1. The maximum Gasteiger partial charge on any atom is 0.410 e. The molecule has 0 aromatic heterocycles. The van der Waals surface area contributed by atoms with Crippen molar-refractivity contribution >= 4 is 23.9 Å². The lowest BCUT2D eigenvalue weighted by Crippen LogP contribution is -2.35. The molecule has 0 saturated carbocycles. The first-order chi connectivity index (χ1) is 20.9. The van der Waals surface area contributed by atoms with Gasteiger partial charge in [-0.05, 0) is 62.9 Å². The molecule has 2 heterocycles. The zero-order valence-corrected chi connectivity index (χ0v) is 27.3. The summed E-state index contributed by atoms with van der Waals surface area (Å²) in [5.41, 5.74) is 4.34. The Kier molecular flexibility index (Phi) is 10.7. The Labute approximate surface area is 263 Å². The van der Waals surface area contributed by atoms with Crippen molar-refractivity contribution in [1.29, 1.82) is 0 Å². The van der Waals surface area contributed by atoms with Crippen molar-refractivity contribution < 1.29 is 14.3 Å². The van der Waals surface area contributed by atoms with Crippen LogP contribution in [0.15, 0.2) is 94.9 Å². The Hall–Kier alpha value is -4.33. The third-order valence-electron chi connectivity index (χ3n) is 7.82. The minimum absolute atomic E-state index is 0.0209. The number of ether oxygens (including phenoxy) is 1. The minimum Gasteiger partial charge on any atom is -0.444 e. The van der Waals surface area contributed by atoms with Crippen molar-refractivity contribution in [1.82, 2.24) is 14.7 Å². The molecular formula is C36H47N5O3. The number of hydrogen-bond acceptors (Lipinski definition) is 6. The van der Waals surface area contributed by atoms with Gasteiger partial charge in [-0.2, -0.15) is 0 Å². The Balaban J connectivity index is 1.47. The number of carbonyl (C=O) groups is 2. The van der Waals surface area contributed by atoms with E-state index in [-0.39, 0.29) is 17.9 Å². The van der Waals surface area contributed by atoms with Gasteiger partial charge >= 0.3 is 6.09 Å². The monoisotopic (exact) mass is 597 g/mol. The van der Waals surface area contributed by atoms with Crippen LogP contribution in [0, 0.1) is 0 Å². The number of likely N-dealkylation sites (N-methyl/N-ethyl adjacent to an activating group) is 1. The lowest BCUT2D eigenvalue weighted by atomic mass is 9.94. The lowest BCUT2D eigenvalue weighted by molar-refractivity contribution is -0.114. The van der Waals surface area contributed by atoms with E-state index in [0.29, 0.717) is 25.1 Å². The van der Waals surface area contributed by atoms with Gasteiger partial charge in [-0.3, -0.25) is 4.79 Å². The predicted molar refractivity (Wildman–Crippen MR) is 179 cm³/mol. The van der Waals surface area contributed by atoms with E-state index < -0.39 is 5.60 Å². The molecule has 0 radical (unpaired) electrons. The van der Waals surface area contributed by atoms with Gasteiger partial charge in [-0.15, -0.1) is 0 Å². The van der Waals surface area contributed by atoms with Crippen LogP contribution in [0.1, 0.15) is 50.7 Å². The van der Waals surface area contributed by atoms with E-state index >= 15 is 0 Å². The Morgan fingerprint density at radius 3 is 2.52 bits per heavy atom. The number of carbonyl (C=O) groups excluding carboxylic acids is 2. The van der Waals surface area contributed by atoms with Gasteiger partial charge in [0.1, 0.15) is 11.4 Å². The highest BCUT2D eigenvalue weighted by atomic mass is 16.6. The molecule has 2 aromatic rings. The summed E-state index contributed by atoms with van der Waals surface area (Å²) in [4.78, 5) is 38.6. The Morgan fingerprint density at radius 1 is 1.07 bits per heavy atom. The van der Waals surface area contributed by atoms with Crippen LogP contribution in [0.25, 0.3) is 0 Å². The first-order valence-electron chi connectivity index (χ1n) is 15.4. The van der Waals surface area contributed by atoms with Crippen LogP contribution in [-0.4, -0.2) is 86.3 Å². The molecule has 0 N–H and O–H groups in total. The van der Waals surface area contributed by atoms with Crippen LogP contribution in [0.3, 0.4) is 0 Å². The van der Waals surface area contributed by atoms with E-state index in [1.54, 1.807) is 18.2 Å². The van der Waals surface area contributed by atoms with E-state index in [1.165, 1.54) is 5.56 Å². The zero-order valence-electron chi connectivity index (χ0n) is 27.3. The molecule has 0 fully saturated rings. The van der Waals surface area contributed by atoms with Crippen LogP contribution in [-0.2, 0) is 16.0 Å². The fourth-order valence-corrected chi connectivity index (χ4v) is 5.33. The van der Waals surface area contributed by atoms with Crippen LogP contribution < -0.4 is 4.90 Å². The van der Waals surface area contributed by atoms with Crippen LogP contribution in [0.5, 0.6) is 0 Å². The quantitative estimate of drug-likeness (QED) is 0.321. The zero-order chi connectivity index (χ0) is 31.9. The maximum atomic E-state index is 13.8. The molecule has 4 rings (SSSR count). The van der Waals surface area contributed by atoms with E-state index in [0.717, 1.165) is 42.2 Å². The van der Waals surface area contributed by atoms with Gasteiger partial charge in [0.05, 0.1) is 5.57 Å². The number of benzene rings is 2. The van der Waals surface area contributed by atoms with Gasteiger partial charge < -0.3 is 24.3 Å². The molecule has 2 aromatic carbocycles. The molecule has 0 spiro atoms. The summed E-state index contributed by atoms with van der Waals surface area (Å²) >= 11 is 0. The average Bonchev–Trinajstić information content (AvgIpc) is 3.27. The number of amides is 2. The van der Waals surface area contributed by atoms with Crippen molar-refractivity contribution in [2.45, 2.75) is 51.6 Å². The second-order valence-corrected chi connectivity index (χ2v) is 12.7. The summed E-state index contributed by atoms with van der Waals surface area (Å²) in [5.74, 6) is 0.977. The smallest absolute Gasteiger partial charge is 0.410 e. The highest BCUT2D eigenvalue weighted by molar-refractivity contribution is 6.19. The van der Waals surface area contributed by atoms with Gasteiger partial charge in [0, 0.05) is 77.8 Å². The topological polar surface area (TPSA) is 68.7 Å². The normalized spacial score (nSPS) is 16.3. The highest BCUT2D eigenvalue weighted by Gasteiger charge is 2.28. The molecule has 2 aliphatic rings. The SMILES string of the molecule is CN(C)C1=CCC2=C(C=N1)C(=O)N(c1cccc(C/C=C\C(CCN(C)C(=O)OC(C)(C)C)c3ccccc3)c1)CCN2C. The first kappa shape index (κ1) is 32.6. The van der Waals surface area contributed by atoms with E-state index in [9.17, 15) is 9.59 Å².